The van der Waals surface area contributed by atoms with Crippen molar-refractivity contribution in [2.75, 3.05) is 7.11 Å². The maximum absolute atomic E-state index is 11.0. The van der Waals surface area contributed by atoms with Gasteiger partial charge in [-0.2, -0.15) is 0 Å². The number of hydrogen-bond acceptors (Lipinski definition) is 6. The number of benzene rings is 1. The molecule has 1 aromatic heterocycles. The van der Waals surface area contributed by atoms with Crippen molar-refractivity contribution < 1.29 is 14.6 Å². The van der Waals surface area contributed by atoms with E-state index in [1.165, 1.54) is 0 Å². The molecule has 0 amide bonds. The van der Waals surface area contributed by atoms with Crippen LogP contribution in [0.3, 0.4) is 0 Å². The Morgan fingerprint density at radius 2 is 2.15 bits per heavy atom. The molecule has 4 rings (SSSR count). The number of fused-ring (bicyclic) bond motifs is 1. The lowest BCUT2D eigenvalue weighted by atomic mass is 10.00. The van der Waals surface area contributed by atoms with Crippen molar-refractivity contribution in [3.63, 3.8) is 0 Å². The van der Waals surface area contributed by atoms with Gasteiger partial charge in [-0.05, 0) is 35.9 Å². The van der Waals surface area contributed by atoms with Gasteiger partial charge in [0, 0.05) is 17.3 Å². The van der Waals surface area contributed by atoms with E-state index in [9.17, 15) is 9.90 Å². The normalized spacial score (nSPS) is 20.7. The molecule has 1 aliphatic carbocycles. The minimum atomic E-state index is -0.0929. The fourth-order valence-electron chi connectivity index (χ4n) is 3.18. The molecule has 0 bridgehead atoms. The zero-order valence-corrected chi connectivity index (χ0v) is 14.1. The average molecular weight is 347 g/mol. The van der Waals surface area contributed by atoms with Crippen LogP contribution in [0.4, 0.5) is 0 Å². The van der Waals surface area contributed by atoms with Crippen molar-refractivity contribution in [3.8, 4) is 22.8 Å². The number of carbonyl (C=O) groups excluding carboxylic acids is 1. The van der Waals surface area contributed by atoms with E-state index in [1.807, 2.05) is 36.4 Å². The number of methoxy groups -OCH3 is 1. The lowest BCUT2D eigenvalue weighted by Crippen LogP contribution is -2.34. The molecule has 1 aromatic carbocycles. The average Bonchev–Trinajstić information content (AvgIpc) is 3.11. The van der Waals surface area contributed by atoms with Gasteiger partial charge in [-0.3, -0.25) is 9.79 Å². The summed E-state index contributed by atoms with van der Waals surface area (Å²) in [5, 5.41) is 13.6. The van der Waals surface area contributed by atoms with Crippen LogP contribution in [0.1, 0.15) is 5.56 Å². The van der Waals surface area contributed by atoms with Crippen molar-refractivity contribution in [1.29, 1.82) is 0 Å². The first kappa shape index (κ1) is 16.1. The van der Waals surface area contributed by atoms with Crippen LogP contribution >= 0.6 is 0 Å². The molecule has 2 aliphatic rings. The highest BCUT2D eigenvalue weighted by Gasteiger charge is 2.29. The number of nitrogens with zero attached hydrogens (tertiary/aromatic N) is 2. The Balaban J connectivity index is 1.71. The smallest absolute Gasteiger partial charge is 0.221 e. The molecule has 1 aliphatic heterocycles. The number of aldehydes is 1. The summed E-state index contributed by atoms with van der Waals surface area (Å²) >= 11 is 0. The van der Waals surface area contributed by atoms with Crippen molar-refractivity contribution >= 4 is 12.1 Å². The van der Waals surface area contributed by atoms with Gasteiger partial charge >= 0.3 is 0 Å². The van der Waals surface area contributed by atoms with Gasteiger partial charge in [0.05, 0.1) is 24.8 Å². The Morgan fingerprint density at radius 3 is 2.96 bits per heavy atom. The molecule has 6 nitrogen and oxygen atoms in total. The van der Waals surface area contributed by atoms with Gasteiger partial charge in [0.25, 0.3) is 0 Å². The zero-order valence-electron chi connectivity index (χ0n) is 14.1. The van der Waals surface area contributed by atoms with E-state index in [-0.39, 0.29) is 17.8 Å². The summed E-state index contributed by atoms with van der Waals surface area (Å²) in [5.41, 5.74) is 2.91. The molecule has 2 aromatic rings. The topological polar surface area (TPSA) is 83.8 Å². The molecule has 0 saturated heterocycles. The second kappa shape index (κ2) is 6.48. The largest absolute Gasteiger partial charge is 0.507 e. The number of aromatic hydroxyl groups is 1. The van der Waals surface area contributed by atoms with Gasteiger partial charge in [-0.1, -0.05) is 18.2 Å². The van der Waals surface area contributed by atoms with E-state index in [0.717, 1.165) is 17.4 Å². The molecule has 6 heteroatoms. The zero-order chi connectivity index (χ0) is 18.1. The van der Waals surface area contributed by atoms with Gasteiger partial charge in [-0.15, -0.1) is 0 Å². The van der Waals surface area contributed by atoms with E-state index < -0.39 is 0 Å². The number of hydrogen-bond donors (Lipinski definition) is 2. The molecule has 0 spiro atoms. The van der Waals surface area contributed by atoms with Crippen LogP contribution in [-0.4, -0.2) is 41.4 Å². The van der Waals surface area contributed by atoms with Crippen LogP contribution in [-0.2, 0) is 4.79 Å². The van der Waals surface area contributed by atoms with E-state index in [4.69, 9.17) is 4.74 Å². The van der Waals surface area contributed by atoms with Crippen LogP contribution in [0.5, 0.6) is 11.6 Å². The first-order chi connectivity index (χ1) is 12.7. The lowest BCUT2D eigenvalue weighted by Gasteiger charge is -2.16. The van der Waals surface area contributed by atoms with Crippen molar-refractivity contribution in [2.45, 2.75) is 12.1 Å². The molecule has 2 atom stereocenters. The standard InChI is InChI=1S/C20H17N3O3/c1-26-20-14(3-2-8-21-20)13-5-7-18(25)15(10-13)19-22-16-6-4-12(11-24)9-17(16)23-19/h2-11,16-17,25H,1H3,(H,22,23). The second-order valence-electron chi connectivity index (χ2n) is 6.07. The molecule has 26 heavy (non-hydrogen) atoms. The van der Waals surface area contributed by atoms with Gasteiger partial charge in [0.15, 0.2) is 0 Å². The highest BCUT2D eigenvalue weighted by Crippen LogP contribution is 2.32. The minimum absolute atomic E-state index is 0.0915. The summed E-state index contributed by atoms with van der Waals surface area (Å²) in [5.74, 6) is 1.24. The summed E-state index contributed by atoms with van der Waals surface area (Å²) in [6.07, 6.45) is 7.98. The summed E-state index contributed by atoms with van der Waals surface area (Å²) in [6.45, 7) is 0. The molecule has 0 fully saturated rings. The SMILES string of the molecule is COc1ncccc1-c1ccc(O)c(C2=NC3C=CC(C=O)=CC3N2)c1. The van der Waals surface area contributed by atoms with Gasteiger partial charge < -0.3 is 15.2 Å². The number of allylic oxidation sites excluding steroid dienone is 2. The number of nitrogens with one attached hydrogen (secondary N) is 1. The Kier molecular flexibility index (Phi) is 4.01. The van der Waals surface area contributed by atoms with E-state index in [1.54, 1.807) is 25.4 Å². The fraction of sp³-hybridized carbons (Fsp3) is 0.150. The maximum Gasteiger partial charge on any atom is 0.221 e. The monoisotopic (exact) mass is 347 g/mol. The number of phenols is 1. The molecule has 2 N–H and O–H groups in total. The Morgan fingerprint density at radius 1 is 1.27 bits per heavy atom. The third kappa shape index (κ3) is 2.75. The molecule has 130 valence electrons. The first-order valence-electron chi connectivity index (χ1n) is 8.22. The van der Waals surface area contributed by atoms with Crippen molar-refractivity contribution in [2.24, 2.45) is 4.99 Å². The number of phenolic OH excluding ortho intramolecular Hbond substituents is 1. The summed E-state index contributed by atoms with van der Waals surface area (Å²) < 4.78 is 5.33. The third-order valence-electron chi connectivity index (χ3n) is 4.47. The van der Waals surface area contributed by atoms with Gasteiger partial charge in [0.2, 0.25) is 5.88 Å². The van der Waals surface area contributed by atoms with Gasteiger partial charge in [0.1, 0.15) is 17.9 Å². The lowest BCUT2D eigenvalue weighted by molar-refractivity contribution is -0.104. The number of ether oxygens (including phenoxy) is 1. The number of aromatic nitrogens is 1. The first-order valence-corrected chi connectivity index (χ1v) is 8.22. The minimum Gasteiger partial charge on any atom is -0.507 e. The number of rotatable bonds is 4. The summed E-state index contributed by atoms with van der Waals surface area (Å²) in [6, 6.07) is 8.85. The predicted molar refractivity (Wildman–Crippen MR) is 98.4 cm³/mol. The Labute approximate surface area is 150 Å². The quantitative estimate of drug-likeness (QED) is 0.829. The maximum atomic E-state index is 11.0. The molecular weight excluding hydrogens is 330 g/mol. The van der Waals surface area contributed by atoms with E-state index in [2.05, 4.69) is 15.3 Å². The highest BCUT2D eigenvalue weighted by molar-refractivity contribution is 6.04. The summed E-state index contributed by atoms with van der Waals surface area (Å²) in [7, 11) is 1.57. The number of aliphatic imine (C=N–C) groups is 1. The predicted octanol–water partition coefficient (Wildman–Crippen LogP) is 2.24. The number of amidine groups is 1. The molecular formula is C20H17N3O3. The van der Waals surface area contributed by atoms with Crippen LogP contribution in [0.2, 0.25) is 0 Å². The molecule has 2 heterocycles. The number of carbonyl (C=O) groups is 1. The highest BCUT2D eigenvalue weighted by atomic mass is 16.5. The van der Waals surface area contributed by atoms with E-state index >= 15 is 0 Å². The van der Waals surface area contributed by atoms with E-state index in [0.29, 0.717) is 22.9 Å². The van der Waals surface area contributed by atoms with Crippen LogP contribution in [0.25, 0.3) is 11.1 Å². The number of pyridine rings is 1. The van der Waals surface area contributed by atoms with Crippen LogP contribution in [0.15, 0.2) is 65.3 Å². The van der Waals surface area contributed by atoms with Crippen molar-refractivity contribution in [1.82, 2.24) is 10.3 Å². The summed E-state index contributed by atoms with van der Waals surface area (Å²) in [4.78, 5) is 19.8. The molecule has 2 unspecified atom stereocenters. The fourth-order valence-corrected chi connectivity index (χ4v) is 3.18. The van der Waals surface area contributed by atoms with Crippen LogP contribution in [0, 0.1) is 0 Å². The van der Waals surface area contributed by atoms with Crippen LogP contribution < -0.4 is 10.1 Å². The molecule has 0 saturated carbocycles. The Bertz CT molecular complexity index is 963. The molecule has 0 radical (unpaired) electrons. The Hall–Kier alpha value is -3.41. The second-order valence-corrected chi connectivity index (χ2v) is 6.07. The third-order valence-corrected chi connectivity index (χ3v) is 4.47. The van der Waals surface area contributed by atoms with Crippen molar-refractivity contribution in [3.05, 3.63) is 65.9 Å². The van der Waals surface area contributed by atoms with Gasteiger partial charge in [-0.25, -0.2) is 4.98 Å².